The smallest absolute Gasteiger partial charge is 0.379 e. The molecule has 1 heterocycles. The van der Waals surface area contributed by atoms with Gasteiger partial charge in [-0.2, -0.15) is 167 Å². The van der Waals surface area contributed by atoms with Gasteiger partial charge in [0.2, 0.25) is 0 Å². The van der Waals surface area contributed by atoms with Crippen LogP contribution in [0.1, 0.15) is 13.8 Å². The number of hydrogen-bond acceptors (Lipinski definition) is 5. The van der Waals surface area contributed by atoms with E-state index in [0.717, 1.165) is 0 Å². The fourth-order valence-electron chi connectivity index (χ4n) is 5.25. The second-order valence-corrected chi connectivity index (χ2v) is 17.7. The molecule has 0 atom stereocenters. The number of hydrogen-bond donors (Lipinski definition) is 0. The summed E-state index contributed by atoms with van der Waals surface area (Å²) in [5.74, 6) is -113. The highest BCUT2D eigenvalue weighted by molar-refractivity contribution is 7.90. The van der Waals surface area contributed by atoms with Crippen molar-refractivity contribution < 1.29 is 188 Å². The monoisotopic (exact) mass is 1210 g/mol. The molecule has 72 heavy (non-hydrogen) atoms. The molecule has 432 valence electrons. The third-order valence-corrected chi connectivity index (χ3v) is 13.6. The van der Waals surface area contributed by atoms with E-state index in [1.54, 1.807) is 0 Å². The van der Waals surface area contributed by atoms with Gasteiger partial charge in [-0.25, -0.2) is 16.8 Å². The highest BCUT2D eigenvalue weighted by atomic mass is 32.2. The number of ether oxygens (including phenoxy) is 1. The Bertz CT molecular complexity index is 2080. The molecule has 1 saturated heterocycles. The number of rotatable bonds is 22. The van der Waals surface area contributed by atoms with Crippen LogP contribution in [0.2, 0.25) is 0 Å². The zero-order chi connectivity index (χ0) is 59.2. The van der Waals surface area contributed by atoms with Crippen LogP contribution in [0.3, 0.4) is 0 Å². The van der Waals surface area contributed by atoms with Crippen LogP contribution in [-0.2, 0) is 24.8 Å². The summed E-state index contributed by atoms with van der Waals surface area (Å²) >= 11 is 0. The zero-order valence-corrected chi connectivity index (χ0v) is 34.1. The maximum atomic E-state index is 16.0. The zero-order valence-electron chi connectivity index (χ0n) is 32.4. The van der Waals surface area contributed by atoms with E-state index in [0.29, 0.717) is 0 Å². The minimum Gasteiger partial charge on any atom is -0.379 e. The van der Waals surface area contributed by atoms with Crippen LogP contribution in [0.4, 0.5) is 167 Å². The Morgan fingerprint density at radius 2 is 0.486 bits per heavy atom. The van der Waals surface area contributed by atoms with Crippen LogP contribution in [0, 0.1) is 5.41 Å². The topological polar surface area (TPSA) is 84.0 Å². The Morgan fingerprint density at radius 3 is 0.625 bits per heavy atom. The van der Waals surface area contributed by atoms with Gasteiger partial charge in [0.15, 0.2) is 5.41 Å². The van der Waals surface area contributed by atoms with Gasteiger partial charge in [0.1, 0.15) is 0 Å². The molecule has 0 amide bonds. The number of sulfonamides is 2. The summed E-state index contributed by atoms with van der Waals surface area (Å²) in [6, 6.07) is -15.2. The number of alkyl halides is 38. The van der Waals surface area contributed by atoms with Crippen molar-refractivity contribution in [3.05, 3.63) is 0 Å². The summed E-state index contributed by atoms with van der Waals surface area (Å²) in [5, 5.41) is -18.3. The largest absolute Gasteiger partial charge is 0.460 e. The summed E-state index contributed by atoms with van der Waals surface area (Å²) in [5.41, 5.74) is -6.24. The predicted molar refractivity (Wildman–Crippen MR) is 147 cm³/mol. The van der Waals surface area contributed by atoms with Crippen molar-refractivity contribution in [2.24, 2.45) is 5.41 Å². The summed E-state index contributed by atoms with van der Waals surface area (Å²) < 4.78 is 579. The van der Waals surface area contributed by atoms with E-state index in [-0.39, 0.29) is 0 Å². The molecule has 1 aliphatic heterocycles. The maximum absolute atomic E-state index is 16.0. The molecular weight excluding hydrogens is 1190 g/mol. The summed E-state index contributed by atoms with van der Waals surface area (Å²) in [6.07, 6.45) is -16.7. The molecule has 0 radical (unpaired) electrons. The van der Waals surface area contributed by atoms with Gasteiger partial charge in [-0.15, -0.1) is 8.61 Å². The first-order chi connectivity index (χ1) is 30.6. The molecule has 1 aliphatic rings. The van der Waals surface area contributed by atoms with Crippen molar-refractivity contribution in [1.29, 1.82) is 0 Å². The first kappa shape index (κ1) is 67.1. The van der Waals surface area contributed by atoms with Crippen LogP contribution < -0.4 is 0 Å². The lowest BCUT2D eigenvalue weighted by atomic mass is 9.80. The molecule has 47 heteroatoms. The van der Waals surface area contributed by atoms with E-state index in [2.05, 4.69) is 4.74 Å². The lowest BCUT2D eigenvalue weighted by molar-refractivity contribution is -0.458. The van der Waals surface area contributed by atoms with Crippen molar-refractivity contribution in [3.63, 3.8) is 0 Å². The van der Waals surface area contributed by atoms with Gasteiger partial charge in [0, 0.05) is 13.1 Å². The SMILES string of the molecule is CCN(C(F)(F)C1(C(F)(F)N(CC)S(=O)(=O)C(F)(F)C(F)(F)C(F)(F)C(F)(F)C(F)(F)C(F)(F)C(F)(F)C(F)(F)F)COC1)S(=O)(=O)C(F)(F)C(F)(F)C(F)(F)C(F)(F)C(F)(F)C(F)(F)C(F)(F)C(F)(F)F. The highest BCUT2D eigenvalue weighted by Crippen LogP contribution is 2.68. The van der Waals surface area contributed by atoms with Gasteiger partial charge in [0.25, 0.3) is 20.0 Å². The van der Waals surface area contributed by atoms with Crippen LogP contribution in [0.25, 0.3) is 0 Å². The molecule has 0 N–H and O–H groups in total. The van der Waals surface area contributed by atoms with Crippen LogP contribution in [-0.4, -0.2) is 158 Å². The summed E-state index contributed by atoms with van der Waals surface area (Å²) in [6.45, 7) is -14.8. The van der Waals surface area contributed by atoms with Crippen molar-refractivity contribution in [3.8, 4) is 0 Å². The summed E-state index contributed by atoms with van der Waals surface area (Å²) in [7, 11) is -19.2. The normalized spacial score (nSPS) is 18.5. The Labute approximate surface area is 369 Å². The van der Waals surface area contributed by atoms with Crippen molar-refractivity contribution in [2.75, 3.05) is 26.3 Å². The predicted octanol–water partition coefficient (Wildman–Crippen LogP) is 11.4. The van der Waals surface area contributed by atoms with E-state index in [1.165, 1.54) is 0 Å². The van der Waals surface area contributed by atoms with Gasteiger partial charge in [-0.3, -0.25) is 0 Å². The Balaban J connectivity index is 4.25. The van der Waals surface area contributed by atoms with Gasteiger partial charge in [0.05, 0.1) is 13.2 Å². The number of nitrogens with zero attached hydrogens (tertiary/aromatic N) is 2. The lowest BCUT2D eigenvalue weighted by Gasteiger charge is -2.54. The van der Waals surface area contributed by atoms with E-state index in [4.69, 9.17) is 0 Å². The Morgan fingerprint density at radius 1 is 0.319 bits per heavy atom. The van der Waals surface area contributed by atoms with E-state index < -0.39 is 180 Å². The number of halogens is 38. The summed E-state index contributed by atoms with van der Waals surface area (Å²) in [4.78, 5) is 0. The standard InChI is InChI=1S/C25H14F38N2O5S2/c1-3-64(71(66,67)24(60,61)18(46,47)14(38,39)10(30,31)8(26,27)12(34,35)16(42,43)20(50,51)52)22(56,57)7(5-70-6-7)23(58,59)65(4-2)72(68,69)25(62,63)19(48,49)15(40,41)11(32,33)9(28,29)13(36,37)17(44,45)21(53,54)55/h3-6H2,1-2H3. The Kier molecular flexibility index (Phi) is 15.9. The second kappa shape index (κ2) is 17.1. The molecule has 7 nitrogen and oxygen atoms in total. The van der Waals surface area contributed by atoms with Crippen molar-refractivity contribution in [2.45, 2.75) is 120 Å². The van der Waals surface area contributed by atoms with Crippen molar-refractivity contribution in [1.82, 2.24) is 8.61 Å². The van der Waals surface area contributed by atoms with Gasteiger partial charge >= 0.3 is 106 Å². The van der Waals surface area contributed by atoms with Gasteiger partial charge in [-0.1, -0.05) is 13.8 Å². The maximum Gasteiger partial charge on any atom is 0.460 e. The fourth-order valence-corrected chi connectivity index (χ4v) is 8.34. The average Bonchev–Trinajstić information content (AvgIpc) is 3.11. The van der Waals surface area contributed by atoms with Crippen LogP contribution in [0.5, 0.6) is 0 Å². The molecular formula is C25H14F38N2O5S2. The Hall–Kier alpha value is -2.88. The molecule has 1 fully saturated rings. The fraction of sp³-hybridized carbons (Fsp3) is 1.00. The molecule has 0 aliphatic carbocycles. The first-order valence-electron chi connectivity index (χ1n) is 16.4. The van der Waals surface area contributed by atoms with Crippen molar-refractivity contribution >= 4 is 20.0 Å². The van der Waals surface area contributed by atoms with Gasteiger partial charge < -0.3 is 4.74 Å². The molecule has 1 rings (SSSR count). The molecule has 0 aromatic rings. The van der Waals surface area contributed by atoms with Gasteiger partial charge in [-0.05, 0) is 0 Å². The van der Waals surface area contributed by atoms with Crippen LogP contribution >= 0.6 is 0 Å². The highest BCUT2D eigenvalue weighted by Gasteiger charge is 2.99. The molecule has 0 spiro atoms. The molecule has 0 aromatic carbocycles. The van der Waals surface area contributed by atoms with E-state index in [9.17, 15) is 166 Å². The molecule has 0 saturated carbocycles. The molecule has 0 bridgehead atoms. The minimum absolute atomic E-state index is 0.707. The third kappa shape index (κ3) is 7.71. The third-order valence-electron chi connectivity index (χ3n) is 9.66. The first-order valence-corrected chi connectivity index (χ1v) is 19.3. The second-order valence-electron chi connectivity index (χ2n) is 13.9. The molecule has 0 unspecified atom stereocenters. The quantitative estimate of drug-likeness (QED) is 0.0797. The lowest BCUT2D eigenvalue weighted by Crippen LogP contribution is -2.79. The average molecular weight is 1210 g/mol. The van der Waals surface area contributed by atoms with Crippen LogP contribution in [0.15, 0.2) is 0 Å². The minimum atomic E-state index is -9.72. The molecule has 0 aromatic heterocycles. The van der Waals surface area contributed by atoms with E-state index >= 15 is 17.6 Å². The van der Waals surface area contributed by atoms with E-state index in [1.807, 2.05) is 0 Å².